The van der Waals surface area contributed by atoms with Gasteiger partial charge in [-0.15, -0.1) is 0 Å². The van der Waals surface area contributed by atoms with E-state index in [0.29, 0.717) is 6.54 Å². The summed E-state index contributed by atoms with van der Waals surface area (Å²) in [6, 6.07) is 6.13. The van der Waals surface area contributed by atoms with E-state index in [4.69, 9.17) is 4.74 Å². The Hall–Kier alpha value is -1.40. The molecule has 0 spiro atoms. The Morgan fingerprint density at radius 1 is 1.23 bits per heavy atom. The Kier molecular flexibility index (Phi) is 4.92. The molecule has 1 heterocycles. The minimum Gasteiger partial charge on any atom is -0.468 e. The summed E-state index contributed by atoms with van der Waals surface area (Å²) >= 11 is 0. The zero-order valence-corrected chi connectivity index (χ0v) is 14.1. The first kappa shape index (κ1) is 17.0. The molecule has 0 unspecified atom stereocenters. The van der Waals surface area contributed by atoms with Gasteiger partial charge in [0.2, 0.25) is 0 Å². The fraction of sp³-hybridized carbons (Fsp3) is 0.562. The molecule has 1 aromatic rings. The number of ether oxygens (including phenoxy) is 1. The lowest BCUT2D eigenvalue weighted by Crippen LogP contribution is -2.56. The maximum Gasteiger partial charge on any atom is 0.326 e. The summed E-state index contributed by atoms with van der Waals surface area (Å²) in [5.41, 5.74) is 2.58. The molecular weight excluding hydrogens is 302 g/mol. The highest BCUT2D eigenvalue weighted by Crippen LogP contribution is 2.26. The molecule has 22 heavy (non-hydrogen) atoms. The molecule has 0 aliphatic carbocycles. The summed E-state index contributed by atoms with van der Waals surface area (Å²) in [6.07, 6.45) is 0.514. The van der Waals surface area contributed by atoms with Crippen molar-refractivity contribution in [2.45, 2.75) is 38.8 Å². The number of esters is 1. The lowest BCUT2D eigenvalue weighted by atomic mass is 9.91. The Labute approximate surface area is 132 Å². The van der Waals surface area contributed by atoms with Crippen LogP contribution in [0.5, 0.6) is 0 Å². The van der Waals surface area contributed by atoms with Crippen molar-refractivity contribution in [3.05, 3.63) is 34.9 Å². The number of methoxy groups -OCH3 is 1. The Balaban J connectivity index is 2.14. The van der Waals surface area contributed by atoms with Crippen LogP contribution in [0.4, 0.5) is 0 Å². The van der Waals surface area contributed by atoms with Gasteiger partial charge in [-0.05, 0) is 43.4 Å². The maximum atomic E-state index is 12.2. The van der Waals surface area contributed by atoms with E-state index in [1.807, 2.05) is 19.1 Å². The first-order valence-electron chi connectivity index (χ1n) is 7.38. The van der Waals surface area contributed by atoms with Crippen molar-refractivity contribution in [3.63, 3.8) is 0 Å². The molecule has 5 nitrogen and oxygen atoms in total. The molecule has 2 rings (SSSR count). The normalized spacial score (nSPS) is 19.6. The van der Waals surface area contributed by atoms with Crippen LogP contribution in [0.25, 0.3) is 0 Å². The van der Waals surface area contributed by atoms with Crippen molar-refractivity contribution in [1.29, 1.82) is 0 Å². The van der Waals surface area contributed by atoms with Gasteiger partial charge in [-0.25, -0.2) is 8.42 Å². The van der Waals surface area contributed by atoms with E-state index in [9.17, 15) is 13.2 Å². The van der Waals surface area contributed by atoms with Crippen molar-refractivity contribution in [3.8, 4) is 0 Å². The summed E-state index contributed by atoms with van der Waals surface area (Å²) in [6.45, 7) is 4.60. The Morgan fingerprint density at radius 3 is 2.41 bits per heavy atom. The number of hydrogen-bond acceptors (Lipinski definition) is 5. The second-order valence-corrected chi connectivity index (χ2v) is 8.30. The number of nitrogens with one attached hydrogen (secondary N) is 1. The minimum absolute atomic E-state index is 0.0159. The van der Waals surface area contributed by atoms with Crippen LogP contribution in [0, 0.1) is 13.8 Å². The second-order valence-electron chi connectivity index (χ2n) is 6.00. The van der Waals surface area contributed by atoms with Gasteiger partial charge in [0.15, 0.2) is 0 Å². The van der Waals surface area contributed by atoms with E-state index in [-0.39, 0.29) is 30.3 Å². The molecule has 1 aliphatic heterocycles. The molecule has 6 heteroatoms. The molecule has 1 aromatic carbocycles. The number of carbonyl (C=O) groups is 1. The molecular formula is C16H23NO4S. The predicted octanol–water partition coefficient (Wildman–Crippen LogP) is 1.51. The fourth-order valence-electron chi connectivity index (χ4n) is 2.72. The molecule has 0 amide bonds. The van der Waals surface area contributed by atoms with Gasteiger partial charge in [-0.2, -0.15) is 0 Å². The third-order valence-electron chi connectivity index (χ3n) is 4.46. The lowest BCUT2D eigenvalue weighted by Gasteiger charge is -2.35. The minimum atomic E-state index is -3.04. The standard InChI is InChI=1S/C16H23NO4S/c1-12-4-5-14(10-13(12)2)11-17-16(15(18)21-3)6-8-22(19,20)9-7-16/h4-5,10,17H,6-9,11H2,1-3H3. The van der Waals surface area contributed by atoms with Crippen LogP contribution < -0.4 is 5.32 Å². The topological polar surface area (TPSA) is 72.5 Å². The van der Waals surface area contributed by atoms with Crippen molar-refractivity contribution >= 4 is 15.8 Å². The highest BCUT2D eigenvalue weighted by Gasteiger charge is 2.44. The third-order valence-corrected chi connectivity index (χ3v) is 6.11. The number of rotatable bonds is 4. The van der Waals surface area contributed by atoms with Gasteiger partial charge in [0.05, 0.1) is 18.6 Å². The maximum absolute atomic E-state index is 12.2. The van der Waals surface area contributed by atoms with Crippen LogP contribution in [-0.4, -0.2) is 38.5 Å². The van der Waals surface area contributed by atoms with Crippen molar-refractivity contribution in [1.82, 2.24) is 5.32 Å². The van der Waals surface area contributed by atoms with Crippen LogP contribution in [-0.2, 0) is 25.9 Å². The largest absolute Gasteiger partial charge is 0.468 e. The second kappa shape index (κ2) is 6.38. The number of sulfone groups is 1. The Morgan fingerprint density at radius 2 is 1.86 bits per heavy atom. The van der Waals surface area contributed by atoms with Gasteiger partial charge in [0, 0.05) is 6.54 Å². The average molecular weight is 325 g/mol. The summed E-state index contributed by atoms with van der Waals surface area (Å²) in [5.74, 6) is -0.351. The number of aryl methyl sites for hydroxylation is 2. The highest BCUT2D eigenvalue weighted by atomic mass is 32.2. The summed E-state index contributed by atoms with van der Waals surface area (Å²) in [5, 5.41) is 3.25. The SMILES string of the molecule is COC(=O)C1(NCc2ccc(C)c(C)c2)CCS(=O)(=O)CC1. The highest BCUT2D eigenvalue weighted by molar-refractivity contribution is 7.91. The number of benzene rings is 1. The number of carbonyl (C=O) groups excluding carboxylic acids is 1. The van der Waals surface area contributed by atoms with E-state index in [1.165, 1.54) is 18.2 Å². The number of hydrogen-bond donors (Lipinski definition) is 1. The molecule has 0 atom stereocenters. The van der Waals surface area contributed by atoms with Gasteiger partial charge in [0.25, 0.3) is 0 Å². The predicted molar refractivity (Wildman–Crippen MR) is 85.4 cm³/mol. The van der Waals surface area contributed by atoms with E-state index in [0.717, 1.165) is 5.56 Å². The molecule has 0 aromatic heterocycles. The zero-order valence-electron chi connectivity index (χ0n) is 13.3. The van der Waals surface area contributed by atoms with Gasteiger partial charge in [-0.1, -0.05) is 18.2 Å². The third kappa shape index (κ3) is 3.67. The molecule has 0 radical (unpaired) electrons. The monoisotopic (exact) mass is 325 g/mol. The smallest absolute Gasteiger partial charge is 0.326 e. The molecule has 0 saturated carbocycles. The quantitative estimate of drug-likeness (QED) is 0.850. The molecule has 1 fully saturated rings. The average Bonchev–Trinajstić information content (AvgIpc) is 2.49. The van der Waals surface area contributed by atoms with Gasteiger partial charge < -0.3 is 4.74 Å². The Bertz CT molecular complexity index is 653. The van der Waals surface area contributed by atoms with Crippen molar-refractivity contribution < 1.29 is 17.9 Å². The van der Waals surface area contributed by atoms with Gasteiger partial charge >= 0.3 is 5.97 Å². The van der Waals surface area contributed by atoms with E-state index in [2.05, 4.69) is 18.3 Å². The summed E-state index contributed by atoms with van der Waals surface area (Å²) in [4.78, 5) is 12.2. The van der Waals surface area contributed by atoms with Gasteiger partial charge in [0.1, 0.15) is 15.4 Å². The van der Waals surface area contributed by atoms with E-state index in [1.54, 1.807) is 0 Å². The van der Waals surface area contributed by atoms with Gasteiger partial charge in [-0.3, -0.25) is 10.1 Å². The zero-order chi connectivity index (χ0) is 16.4. The first-order valence-corrected chi connectivity index (χ1v) is 9.20. The van der Waals surface area contributed by atoms with Crippen LogP contribution in [0.2, 0.25) is 0 Å². The summed E-state index contributed by atoms with van der Waals surface area (Å²) in [7, 11) is -1.70. The molecule has 1 N–H and O–H groups in total. The first-order chi connectivity index (χ1) is 10.3. The summed E-state index contributed by atoms with van der Waals surface area (Å²) < 4.78 is 28.1. The molecule has 1 saturated heterocycles. The molecule has 122 valence electrons. The van der Waals surface area contributed by atoms with Crippen LogP contribution in [0.15, 0.2) is 18.2 Å². The van der Waals surface area contributed by atoms with Crippen LogP contribution in [0.3, 0.4) is 0 Å². The van der Waals surface area contributed by atoms with E-state index >= 15 is 0 Å². The fourth-order valence-corrected chi connectivity index (χ4v) is 4.24. The van der Waals surface area contributed by atoms with Crippen molar-refractivity contribution in [2.75, 3.05) is 18.6 Å². The van der Waals surface area contributed by atoms with E-state index < -0.39 is 15.4 Å². The molecule has 1 aliphatic rings. The van der Waals surface area contributed by atoms with Crippen LogP contribution >= 0.6 is 0 Å². The lowest BCUT2D eigenvalue weighted by molar-refractivity contribution is -0.149. The van der Waals surface area contributed by atoms with Crippen LogP contribution in [0.1, 0.15) is 29.5 Å². The van der Waals surface area contributed by atoms with Crippen molar-refractivity contribution in [2.24, 2.45) is 0 Å². The molecule has 0 bridgehead atoms.